The van der Waals surface area contributed by atoms with Crippen LogP contribution in [0.2, 0.25) is 0 Å². The number of carbonyl (C=O) groups excluding carboxylic acids is 1. The van der Waals surface area contributed by atoms with Crippen molar-refractivity contribution in [3.8, 4) is 0 Å². The molecule has 0 spiro atoms. The average Bonchev–Trinajstić information content (AvgIpc) is 2.77. The Hall–Kier alpha value is -0.610. The van der Waals surface area contributed by atoms with E-state index in [1.54, 1.807) is 0 Å². The van der Waals surface area contributed by atoms with E-state index in [0.29, 0.717) is 12.1 Å². The van der Waals surface area contributed by atoms with Crippen LogP contribution < -0.4 is 10.6 Å². The van der Waals surface area contributed by atoms with Crippen molar-refractivity contribution in [2.75, 3.05) is 19.6 Å². The Morgan fingerprint density at radius 3 is 2.88 bits per heavy atom. The van der Waals surface area contributed by atoms with Crippen molar-refractivity contribution in [3.63, 3.8) is 0 Å². The first-order valence-corrected chi connectivity index (χ1v) is 6.57. The third-order valence-corrected chi connectivity index (χ3v) is 4.17. The number of rotatable bonds is 2. The molecule has 16 heavy (non-hydrogen) atoms. The Kier molecular flexibility index (Phi) is 2.86. The van der Waals surface area contributed by atoms with E-state index in [4.69, 9.17) is 0 Å². The molecular weight excluding hydrogens is 202 g/mol. The Balaban J connectivity index is 1.53. The molecule has 3 aliphatic heterocycles. The lowest BCUT2D eigenvalue weighted by Crippen LogP contribution is -2.42. The first-order valence-electron chi connectivity index (χ1n) is 6.57. The van der Waals surface area contributed by atoms with Gasteiger partial charge in [0.2, 0.25) is 5.91 Å². The molecule has 90 valence electrons. The van der Waals surface area contributed by atoms with E-state index in [0.717, 1.165) is 25.4 Å². The molecule has 0 aromatic rings. The maximum atomic E-state index is 11.1. The fourth-order valence-corrected chi connectivity index (χ4v) is 3.31. The van der Waals surface area contributed by atoms with Gasteiger partial charge in [-0.2, -0.15) is 0 Å². The van der Waals surface area contributed by atoms with Gasteiger partial charge in [0.15, 0.2) is 0 Å². The standard InChI is InChI=1S/C12H21N3O/c16-12-4-3-11(14-12)8-15-6-5-9-1-2-10(7-15)13-9/h9-11,13H,1-8H2,(H,14,16). The van der Waals surface area contributed by atoms with Crippen molar-refractivity contribution < 1.29 is 4.79 Å². The lowest BCUT2D eigenvalue weighted by Gasteiger charge is -2.26. The first-order chi connectivity index (χ1) is 7.79. The summed E-state index contributed by atoms with van der Waals surface area (Å²) in [7, 11) is 0. The second kappa shape index (κ2) is 4.34. The van der Waals surface area contributed by atoms with Gasteiger partial charge in [-0.15, -0.1) is 0 Å². The zero-order valence-electron chi connectivity index (χ0n) is 9.74. The number of fused-ring (bicyclic) bond motifs is 2. The monoisotopic (exact) mass is 223 g/mol. The molecular formula is C12H21N3O. The summed E-state index contributed by atoms with van der Waals surface area (Å²) < 4.78 is 0. The maximum Gasteiger partial charge on any atom is 0.220 e. The number of hydrogen-bond acceptors (Lipinski definition) is 3. The second-order valence-electron chi connectivity index (χ2n) is 5.49. The molecule has 0 saturated carbocycles. The molecule has 0 aliphatic carbocycles. The van der Waals surface area contributed by atoms with E-state index in [2.05, 4.69) is 15.5 Å². The van der Waals surface area contributed by atoms with Crippen molar-refractivity contribution in [1.29, 1.82) is 0 Å². The Morgan fingerprint density at radius 2 is 2.06 bits per heavy atom. The summed E-state index contributed by atoms with van der Waals surface area (Å²) in [4.78, 5) is 13.7. The third kappa shape index (κ3) is 2.23. The molecule has 3 fully saturated rings. The number of nitrogens with one attached hydrogen (secondary N) is 2. The highest BCUT2D eigenvalue weighted by Crippen LogP contribution is 2.21. The highest BCUT2D eigenvalue weighted by Gasteiger charge is 2.31. The first kappa shape index (κ1) is 10.5. The predicted octanol–water partition coefficient (Wildman–Crippen LogP) is 0.0913. The Bertz CT molecular complexity index is 281. The minimum absolute atomic E-state index is 0.236. The fraction of sp³-hybridized carbons (Fsp3) is 0.917. The van der Waals surface area contributed by atoms with Crippen LogP contribution in [-0.2, 0) is 4.79 Å². The molecule has 3 aliphatic rings. The van der Waals surface area contributed by atoms with Crippen molar-refractivity contribution in [1.82, 2.24) is 15.5 Å². The van der Waals surface area contributed by atoms with Crippen LogP contribution in [0.4, 0.5) is 0 Å². The smallest absolute Gasteiger partial charge is 0.220 e. The molecule has 4 heteroatoms. The van der Waals surface area contributed by atoms with Crippen molar-refractivity contribution in [2.24, 2.45) is 0 Å². The molecule has 0 aromatic heterocycles. The maximum absolute atomic E-state index is 11.1. The minimum atomic E-state index is 0.236. The minimum Gasteiger partial charge on any atom is -0.352 e. The van der Waals surface area contributed by atoms with Gasteiger partial charge in [-0.25, -0.2) is 0 Å². The lowest BCUT2D eigenvalue weighted by atomic mass is 10.1. The average molecular weight is 223 g/mol. The van der Waals surface area contributed by atoms with Crippen molar-refractivity contribution >= 4 is 5.91 Å². The lowest BCUT2D eigenvalue weighted by molar-refractivity contribution is -0.119. The van der Waals surface area contributed by atoms with Gasteiger partial charge in [0.25, 0.3) is 0 Å². The van der Waals surface area contributed by atoms with Crippen LogP contribution in [0.5, 0.6) is 0 Å². The van der Waals surface area contributed by atoms with Crippen molar-refractivity contribution in [2.45, 2.75) is 50.2 Å². The van der Waals surface area contributed by atoms with Crippen LogP contribution in [-0.4, -0.2) is 48.6 Å². The molecule has 2 N–H and O–H groups in total. The highest BCUT2D eigenvalue weighted by atomic mass is 16.1. The fourth-order valence-electron chi connectivity index (χ4n) is 3.31. The topological polar surface area (TPSA) is 44.4 Å². The van der Waals surface area contributed by atoms with Crippen LogP contribution in [0, 0.1) is 0 Å². The van der Waals surface area contributed by atoms with Crippen molar-refractivity contribution in [3.05, 3.63) is 0 Å². The quantitative estimate of drug-likeness (QED) is 0.697. The number of carbonyl (C=O) groups is 1. The SMILES string of the molecule is O=C1CCC(CN2CCC3CCC(C2)N3)N1. The Labute approximate surface area is 96.8 Å². The van der Waals surface area contributed by atoms with Gasteiger partial charge in [0.05, 0.1) is 0 Å². The molecule has 3 atom stereocenters. The van der Waals surface area contributed by atoms with E-state index >= 15 is 0 Å². The predicted molar refractivity (Wildman–Crippen MR) is 62.2 cm³/mol. The van der Waals surface area contributed by atoms with Gasteiger partial charge < -0.3 is 10.6 Å². The van der Waals surface area contributed by atoms with Gasteiger partial charge in [-0.3, -0.25) is 9.69 Å². The van der Waals surface area contributed by atoms with Gasteiger partial charge in [-0.05, 0) is 32.2 Å². The zero-order chi connectivity index (χ0) is 11.0. The molecule has 1 amide bonds. The van der Waals surface area contributed by atoms with Crippen LogP contribution in [0.25, 0.3) is 0 Å². The molecule has 0 radical (unpaired) electrons. The highest BCUT2D eigenvalue weighted by molar-refractivity contribution is 5.78. The van der Waals surface area contributed by atoms with E-state index in [1.165, 1.54) is 32.4 Å². The van der Waals surface area contributed by atoms with E-state index in [9.17, 15) is 4.79 Å². The normalized spacial score (nSPS) is 39.8. The Morgan fingerprint density at radius 1 is 1.19 bits per heavy atom. The molecule has 2 bridgehead atoms. The van der Waals surface area contributed by atoms with Crippen LogP contribution >= 0.6 is 0 Å². The van der Waals surface area contributed by atoms with Crippen LogP contribution in [0.15, 0.2) is 0 Å². The van der Waals surface area contributed by atoms with E-state index < -0.39 is 0 Å². The molecule has 3 unspecified atom stereocenters. The number of likely N-dealkylation sites (tertiary alicyclic amines) is 1. The summed E-state index contributed by atoms with van der Waals surface area (Å²) in [5, 5.41) is 6.75. The third-order valence-electron chi connectivity index (χ3n) is 4.17. The van der Waals surface area contributed by atoms with Gasteiger partial charge in [0, 0.05) is 37.6 Å². The summed E-state index contributed by atoms with van der Waals surface area (Å²) in [6, 6.07) is 1.86. The summed E-state index contributed by atoms with van der Waals surface area (Å²) in [5.74, 6) is 0.236. The molecule has 4 nitrogen and oxygen atoms in total. The molecule has 3 rings (SSSR count). The van der Waals surface area contributed by atoms with Gasteiger partial charge >= 0.3 is 0 Å². The van der Waals surface area contributed by atoms with Gasteiger partial charge in [-0.1, -0.05) is 0 Å². The molecule has 3 saturated heterocycles. The second-order valence-corrected chi connectivity index (χ2v) is 5.49. The zero-order valence-corrected chi connectivity index (χ0v) is 9.74. The number of nitrogens with zero attached hydrogens (tertiary/aromatic N) is 1. The summed E-state index contributed by atoms with van der Waals surface area (Å²) in [6.45, 7) is 3.42. The largest absolute Gasteiger partial charge is 0.352 e. The number of amides is 1. The molecule has 0 aromatic carbocycles. The molecule has 3 heterocycles. The van der Waals surface area contributed by atoms with E-state index in [1.807, 2.05) is 0 Å². The number of hydrogen-bond donors (Lipinski definition) is 2. The summed E-state index contributed by atoms with van der Waals surface area (Å²) in [6.07, 6.45) is 5.72. The van der Waals surface area contributed by atoms with Crippen LogP contribution in [0.3, 0.4) is 0 Å². The van der Waals surface area contributed by atoms with E-state index in [-0.39, 0.29) is 5.91 Å². The van der Waals surface area contributed by atoms with Crippen LogP contribution in [0.1, 0.15) is 32.1 Å². The van der Waals surface area contributed by atoms with Gasteiger partial charge in [0.1, 0.15) is 0 Å². The summed E-state index contributed by atoms with van der Waals surface area (Å²) in [5.41, 5.74) is 0. The summed E-state index contributed by atoms with van der Waals surface area (Å²) >= 11 is 0.